The van der Waals surface area contributed by atoms with E-state index in [1.165, 1.54) is 0 Å². The van der Waals surface area contributed by atoms with Gasteiger partial charge < -0.3 is 4.57 Å². The highest BCUT2D eigenvalue weighted by molar-refractivity contribution is 7.91. The molecule has 28 heavy (non-hydrogen) atoms. The summed E-state index contributed by atoms with van der Waals surface area (Å²) in [4.78, 5) is 2.21. The third-order valence-corrected chi connectivity index (χ3v) is 7.41. The van der Waals surface area contributed by atoms with E-state index < -0.39 is 9.84 Å². The highest BCUT2D eigenvalue weighted by Gasteiger charge is 2.33. The molecule has 1 fully saturated rings. The number of rotatable bonds is 7. The van der Waals surface area contributed by atoms with E-state index >= 15 is 0 Å². The summed E-state index contributed by atoms with van der Waals surface area (Å²) in [7, 11) is -2.95. The number of halogens is 1. The van der Waals surface area contributed by atoms with E-state index in [1.807, 2.05) is 40.4 Å². The van der Waals surface area contributed by atoms with Gasteiger partial charge in [-0.3, -0.25) is 4.90 Å². The summed E-state index contributed by atoms with van der Waals surface area (Å²) in [5.41, 5.74) is 0.954. The SMILES string of the molecule is CCn1c(-c2ccc(Cl)cc2)nn(CN(CC(C)C)[C@@H]2CCS(=O)(=O)C2)c1=S. The van der Waals surface area contributed by atoms with Crippen molar-refractivity contribution in [2.75, 3.05) is 18.1 Å². The first-order valence-corrected chi connectivity index (χ1v) is 12.2. The minimum Gasteiger partial charge on any atom is -0.300 e. The van der Waals surface area contributed by atoms with Crippen LogP contribution in [0.5, 0.6) is 0 Å². The van der Waals surface area contributed by atoms with Gasteiger partial charge in [-0.25, -0.2) is 13.1 Å². The maximum absolute atomic E-state index is 12.0. The molecule has 1 aromatic carbocycles. The Labute approximate surface area is 177 Å². The van der Waals surface area contributed by atoms with Crippen molar-refractivity contribution in [1.29, 1.82) is 0 Å². The Bertz CT molecular complexity index is 980. The summed E-state index contributed by atoms with van der Waals surface area (Å²) >= 11 is 11.7. The van der Waals surface area contributed by atoms with Crippen molar-refractivity contribution in [3.05, 3.63) is 34.1 Å². The molecule has 6 nitrogen and oxygen atoms in total. The smallest absolute Gasteiger partial charge is 0.199 e. The summed E-state index contributed by atoms with van der Waals surface area (Å²) in [6.07, 6.45) is 0.668. The first-order chi connectivity index (χ1) is 13.2. The highest BCUT2D eigenvalue weighted by atomic mass is 35.5. The van der Waals surface area contributed by atoms with Crippen LogP contribution in [0, 0.1) is 10.7 Å². The quantitative estimate of drug-likeness (QED) is 0.609. The molecule has 1 atom stereocenters. The Kier molecular flexibility index (Phi) is 6.64. The van der Waals surface area contributed by atoms with E-state index in [0.717, 1.165) is 17.9 Å². The molecule has 2 aromatic rings. The Morgan fingerprint density at radius 2 is 2.00 bits per heavy atom. The lowest BCUT2D eigenvalue weighted by Crippen LogP contribution is -2.40. The van der Waals surface area contributed by atoms with E-state index in [1.54, 1.807) is 0 Å². The van der Waals surface area contributed by atoms with Crippen LogP contribution >= 0.6 is 23.8 Å². The fourth-order valence-corrected chi connectivity index (χ4v) is 5.86. The zero-order valence-corrected chi connectivity index (χ0v) is 18.9. The number of nitrogens with zero attached hydrogens (tertiary/aromatic N) is 4. The zero-order valence-electron chi connectivity index (χ0n) is 16.5. The molecule has 2 heterocycles. The van der Waals surface area contributed by atoms with Crippen molar-refractivity contribution < 1.29 is 8.42 Å². The summed E-state index contributed by atoms with van der Waals surface area (Å²) in [5, 5.41) is 5.45. The largest absolute Gasteiger partial charge is 0.300 e. The molecule has 1 saturated heterocycles. The molecule has 1 aliphatic heterocycles. The van der Waals surface area contributed by atoms with Crippen LogP contribution in [0.25, 0.3) is 11.4 Å². The molecule has 154 valence electrons. The van der Waals surface area contributed by atoms with Gasteiger partial charge in [0.05, 0.1) is 18.2 Å². The normalized spacial score (nSPS) is 19.0. The van der Waals surface area contributed by atoms with Crippen LogP contribution in [0.2, 0.25) is 5.02 Å². The summed E-state index contributed by atoms with van der Waals surface area (Å²) in [6, 6.07) is 7.57. The predicted octanol–water partition coefficient (Wildman–Crippen LogP) is 3.86. The molecule has 0 bridgehead atoms. The Balaban J connectivity index is 1.93. The molecule has 0 spiro atoms. The van der Waals surface area contributed by atoms with Gasteiger partial charge in [-0.2, -0.15) is 5.10 Å². The number of aromatic nitrogens is 3. The lowest BCUT2D eigenvalue weighted by Gasteiger charge is -2.29. The monoisotopic (exact) mass is 442 g/mol. The third-order valence-electron chi connectivity index (χ3n) is 4.98. The summed E-state index contributed by atoms with van der Waals surface area (Å²) < 4.78 is 28.4. The van der Waals surface area contributed by atoms with Crippen molar-refractivity contribution in [2.24, 2.45) is 5.92 Å². The lowest BCUT2D eigenvalue weighted by molar-refractivity contribution is 0.137. The first-order valence-electron chi connectivity index (χ1n) is 9.58. The van der Waals surface area contributed by atoms with Crippen LogP contribution < -0.4 is 0 Å². The average Bonchev–Trinajstić information content (AvgIpc) is 3.14. The van der Waals surface area contributed by atoms with Crippen LogP contribution in [0.1, 0.15) is 27.2 Å². The second-order valence-corrected chi connectivity index (χ2v) is 10.8. The van der Waals surface area contributed by atoms with Crippen molar-refractivity contribution in [2.45, 2.75) is 46.4 Å². The van der Waals surface area contributed by atoms with Crippen LogP contribution in [-0.2, 0) is 23.1 Å². The van der Waals surface area contributed by atoms with Gasteiger partial charge in [-0.05, 0) is 55.7 Å². The Hall–Kier alpha value is -1.22. The van der Waals surface area contributed by atoms with Crippen LogP contribution in [-0.4, -0.2) is 51.8 Å². The Morgan fingerprint density at radius 3 is 2.54 bits per heavy atom. The fourth-order valence-electron chi connectivity index (χ4n) is 3.66. The molecule has 0 unspecified atom stereocenters. The van der Waals surface area contributed by atoms with Gasteiger partial charge in [0.25, 0.3) is 0 Å². The molecule has 3 rings (SSSR count). The molecule has 9 heteroatoms. The maximum atomic E-state index is 12.0. The van der Waals surface area contributed by atoms with Gasteiger partial charge in [0, 0.05) is 29.7 Å². The van der Waals surface area contributed by atoms with E-state index in [0.29, 0.717) is 35.3 Å². The van der Waals surface area contributed by atoms with E-state index in [9.17, 15) is 8.42 Å². The molecule has 1 aromatic heterocycles. The molecule has 0 amide bonds. The average molecular weight is 443 g/mol. The number of hydrogen-bond acceptors (Lipinski definition) is 5. The molecular weight excluding hydrogens is 416 g/mol. The second-order valence-electron chi connectivity index (χ2n) is 7.72. The topological polar surface area (TPSA) is 60.1 Å². The van der Waals surface area contributed by atoms with Crippen molar-refractivity contribution in [3.63, 3.8) is 0 Å². The minimum absolute atomic E-state index is 0.0139. The molecule has 0 N–H and O–H groups in total. The van der Waals surface area contributed by atoms with Gasteiger partial charge in [0.15, 0.2) is 20.4 Å². The second kappa shape index (κ2) is 8.65. The predicted molar refractivity (Wildman–Crippen MR) is 116 cm³/mol. The van der Waals surface area contributed by atoms with E-state index in [-0.39, 0.29) is 17.5 Å². The van der Waals surface area contributed by atoms with Crippen molar-refractivity contribution in [1.82, 2.24) is 19.2 Å². The van der Waals surface area contributed by atoms with Crippen LogP contribution in [0.3, 0.4) is 0 Å². The highest BCUT2D eigenvalue weighted by Crippen LogP contribution is 2.23. The lowest BCUT2D eigenvalue weighted by atomic mass is 10.1. The minimum atomic E-state index is -2.95. The summed E-state index contributed by atoms with van der Waals surface area (Å²) in [6.45, 7) is 8.32. The van der Waals surface area contributed by atoms with E-state index in [4.69, 9.17) is 28.9 Å². The van der Waals surface area contributed by atoms with Crippen molar-refractivity contribution in [3.8, 4) is 11.4 Å². The maximum Gasteiger partial charge on any atom is 0.199 e. The van der Waals surface area contributed by atoms with Gasteiger partial charge in [0.1, 0.15) is 0 Å². The molecular formula is C19H27ClN4O2S2. The van der Waals surface area contributed by atoms with Gasteiger partial charge in [-0.15, -0.1) is 0 Å². The first kappa shape index (κ1) is 21.5. The fraction of sp³-hybridized carbons (Fsp3) is 0.579. The van der Waals surface area contributed by atoms with Gasteiger partial charge >= 0.3 is 0 Å². The molecule has 0 radical (unpaired) electrons. The van der Waals surface area contributed by atoms with Crippen molar-refractivity contribution >= 4 is 33.7 Å². The van der Waals surface area contributed by atoms with Crippen LogP contribution in [0.4, 0.5) is 0 Å². The molecule has 0 aliphatic carbocycles. The Morgan fingerprint density at radius 1 is 1.32 bits per heavy atom. The van der Waals surface area contributed by atoms with Gasteiger partial charge in [-0.1, -0.05) is 25.4 Å². The van der Waals surface area contributed by atoms with Crippen LogP contribution in [0.15, 0.2) is 24.3 Å². The van der Waals surface area contributed by atoms with Gasteiger partial charge in [0.2, 0.25) is 0 Å². The number of hydrogen-bond donors (Lipinski definition) is 0. The van der Waals surface area contributed by atoms with E-state index in [2.05, 4.69) is 18.7 Å². The molecule has 0 saturated carbocycles. The number of benzene rings is 1. The number of sulfone groups is 1. The summed E-state index contributed by atoms with van der Waals surface area (Å²) in [5.74, 6) is 1.69. The zero-order chi connectivity index (χ0) is 20.5. The molecule has 1 aliphatic rings. The standard InChI is InChI=1S/C19H27ClN4O2S2/c1-4-23-18(15-5-7-16(20)8-6-15)21-24(19(23)27)13-22(11-14(2)3)17-9-10-28(25,26)12-17/h5-8,14,17H,4,9-13H2,1-3H3/t17-/m1/s1. The third kappa shape index (κ3) is 4.84.